The molecule has 0 bridgehead atoms. The fourth-order valence-corrected chi connectivity index (χ4v) is 3.67. The van der Waals surface area contributed by atoms with Crippen LogP contribution in [0.2, 0.25) is 0 Å². The van der Waals surface area contributed by atoms with Gasteiger partial charge in [-0.3, -0.25) is 9.59 Å². The lowest BCUT2D eigenvalue weighted by molar-refractivity contribution is -0.142. The minimum absolute atomic E-state index is 0.0733. The van der Waals surface area contributed by atoms with E-state index in [1.807, 2.05) is 31.2 Å². The Kier molecular flexibility index (Phi) is 4.79. The van der Waals surface area contributed by atoms with Crippen molar-refractivity contribution < 1.29 is 14.0 Å². The molecular weight excluding hydrogens is 357 g/mol. The summed E-state index contributed by atoms with van der Waals surface area (Å²) in [5, 5.41) is 2.90. The van der Waals surface area contributed by atoms with Crippen molar-refractivity contribution in [3.63, 3.8) is 0 Å². The number of piperazine rings is 1. The molecule has 2 aromatic rings. The van der Waals surface area contributed by atoms with Gasteiger partial charge in [0.15, 0.2) is 0 Å². The Morgan fingerprint density at radius 2 is 1.54 bits per heavy atom. The molecule has 28 heavy (non-hydrogen) atoms. The van der Waals surface area contributed by atoms with Crippen LogP contribution >= 0.6 is 0 Å². The summed E-state index contributed by atoms with van der Waals surface area (Å²) in [6.45, 7) is 4.47. The van der Waals surface area contributed by atoms with E-state index < -0.39 is 5.41 Å². The van der Waals surface area contributed by atoms with Crippen LogP contribution in [0.3, 0.4) is 0 Å². The van der Waals surface area contributed by atoms with Crippen LogP contribution < -0.4 is 10.2 Å². The second-order valence-corrected chi connectivity index (χ2v) is 7.66. The molecule has 2 aromatic carbocycles. The summed E-state index contributed by atoms with van der Waals surface area (Å²) < 4.78 is 13.1. The molecule has 0 unspecified atom stereocenters. The largest absolute Gasteiger partial charge is 0.368 e. The smallest absolute Gasteiger partial charge is 0.240 e. The minimum Gasteiger partial charge on any atom is -0.368 e. The molecular formula is C22H24FN3O2. The predicted molar refractivity (Wildman–Crippen MR) is 107 cm³/mol. The van der Waals surface area contributed by atoms with Crippen molar-refractivity contribution >= 4 is 23.2 Å². The van der Waals surface area contributed by atoms with Crippen LogP contribution in [0.25, 0.3) is 0 Å². The number of halogens is 1. The van der Waals surface area contributed by atoms with Crippen molar-refractivity contribution in [2.75, 3.05) is 36.4 Å². The number of hydrogen-bond acceptors (Lipinski definition) is 3. The van der Waals surface area contributed by atoms with Crippen LogP contribution in [-0.4, -0.2) is 42.9 Å². The second kappa shape index (κ2) is 7.26. The molecule has 1 saturated heterocycles. The molecule has 1 aliphatic heterocycles. The molecule has 2 aliphatic rings. The number of amides is 2. The quantitative estimate of drug-likeness (QED) is 0.828. The highest BCUT2D eigenvalue weighted by Crippen LogP contribution is 2.48. The Morgan fingerprint density at radius 1 is 0.929 bits per heavy atom. The van der Waals surface area contributed by atoms with Gasteiger partial charge >= 0.3 is 0 Å². The van der Waals surface area contributed by atoms with Gasteiger partial charge in [0, 0.05) is 37.6 Å². The van der Waals surface area contributed by atoms with E-state index in [9.17, 15) is 14.0 Å². The third kappa shape index (κ3) is 3.59. The Balaban J connectivity index is 1.37. The predicted octanol–water partition coefficient (Wildman–Crippen LogP) is 3.20. The number of carbonyl (C=O) groups is 2. The summed E-state index contributed by atoms with van der Waals surface area (Å²) >= 11 is 0. The van der Waals surface area contributed by atoms with Crippen LogP contribution in [0.4, 0.5) is 15.8 Å². The number of rotatable bonds is 4. The first kappa shape index (κ1) is 18.5. The number of benzene rings is 2. The van der Waals surface area contributed by atoms with Crippen molar-refractivity contribution in [1.82, 2.24) is 4.90 Å². The van der Waals surface area contributed by atoms with Crippen molar-refractivity contribution in [2.24, 2.45) is 5.41 Å². The molecule has 146 valence electrons. The summed E-state index contributed by atoms with van der Waals surface area (Å²) in [6, 6.07) is 14.0. The zero-order valence-corrected chi connectivity index (χ0v) is 16.0. The van der Waals surface area contributed by atoms with Gasteiger partial charge in [-0.25, -0.2) is 4.39 Å². The van der Waals surface area contributed by atoms with Gasteiger partial charge in [0.25, 0.3) is 0 Å². The number of nitrogens with one attached hydrogen (secondary N) is 1. The Morgan fingerprint density at radius 3 is 2.11 bits per heavy atom. The minimum atomic E-state index is -0.914. The maximum atomic E-state index is 13.1. The van der Waals surface area contributed by atoms with Gasteiger partial charge in [-0.1, -0.05) is 17.7 Å². The molecule has 4 rings (SSSR count). The zero-order chi connectivity index (χ0) is 19.7. The van der Waals surface area contributed by atoms with Crippen LogP contribution in [0.15, 0.2) is 48.5 Å². The molecule has 5 nitrogen and oxygen atoms in total. The molecule has 0 aromatic heterocycles. The molecule has 1 saturated carbocycles. The SMILES string of the molecule is Cc1ccc(NC(=O)C2(C(=O)N3CCN(c4ccc(F)cc4)CC3)CC2)cc1. The Labute approximate surface area is 164 Å². The summed E-state index contributed by atoms with van der Waals surface area (Å²) in [7, 11) is 0. The summed E-state index contributed by atoms with van der Waals surface area (Å²) in [5.41, 5.74) is 1.87. The highest BCUT2D eigenvalue weighted by Gasteiger charge is 2.58. The molecule has 0 spiro atoms. The molecule has 0 atom stereocenters. The lowest BCUT2D eigenvalue weighted by Crippen LogP contribution is -2.52. The first-order valence-electron chi connectivity index (χ1n) is 9.66. The fourth-order valence-electron chi connectivity index (χ4n) is 3.67. The molecule has 2 amide bonds. The molecule has 2 fully saturated rings. The van der Waals surface area contributed by atoms with E-state index in [1.165, 1.54) is 12.1 Å². The Hall–Kier alpha value is -2.89. The van der Waals surface area contributed by atoms with Gasteiger partial charge in [0.2, 0.25) is 11.8 Å². The molecule has 1 aliphatic carbocycles. The standard InChI is InChI=1S/C22H24FN3O2/c1-16-2-6-18(7-3-16)24-20(27)22(10-11-22)21(28)26-14-12-25(13-15-26)19-8-4-17(23)5-9-19/h2-9H,10-15H2,1H3,(H,24,27). The van der Waals surface area contributed by atoms with E-state index in [2.05, 4.69) is 10.2 Å². The summed E-state index contributed by atoms with van der Waals surface area (Å²) in [6.07, 6.45) is 1.20. The highest BCUT2D eigenvalue weighted by molar-refractivity contribution is 6.13. The third-order valence-corrected chi connectivity index (χ3v) is 5.66. The second-order valence-electron chi connectivity index (χ2n) is 7.66. The van der Waals surface area contributed by atoms with Gasteiger partial charge < -0.3 is 15.1 Å². The van der Waals surface area contributed by atoms with E-state index in [0.717, 1.165) is 16.9 Å². The molecule has 0 radical (unpaired) electrons. The zero-order valence-electron chi connectivity index (χ0n) is 16.0. The summed E-state index contributed by atoms with van der Waals surface area (Å²) in [4.78, 5) is 29.8. The number of aryl methyl sites for hydroxylation is 1. The van der Waals surface area contributed by atoms with Crippen molar-refractivity contribution in [1.29, 1.82) is 0 Å². The summed E-state index contributed by atoms with van der Waals surface area (Å²) in [5.74, 6) is -0.536. The monoisotopic (exact) mass is 381 g/mol. The van der Waals surface area contributed by atoms with E-state index in [-0.39, 0.29) is 17.6 Å². The third-order valence-electron chi connectivity index (χ3n) is 5.66. The normalized spacial score (nSPS) is 17.9. The number of nitrogens with zero attached hydrogens (tertiary/aromatic N) is 2. The average molecular weight is 381 g/mol. The number of anilines is 2. The number of hydrogen-bond donors (Lipinski definition) is 1. The number of carbonyl (C=O) groups excluding carboxylic acids is 2. The van der Waals surface area contributed by atoms with Gasteiger partial charge in [0.1, 0.15) is 11.2 Å². The first-order valence-corrected chi connectivity index (χ1v) is 9.66. The van der Waals surface area contributed by atoms with Crippen LogP contribution in [0, 0.1) is 18.2 Å². The van der Waals surface area contributed by atoms with E-state index in [0.29, 0.717) is 39.0 Å². The van der Waals surface area contributed by atoms with Gasteiger partial charge in [-0.2, -0.15) is 0 Å². The molecule has 1 N–H and O–H groups in total. The van der Waals surface area contributed by atoms with Gasteiger partial charge in [-0.15, -0.1) is 0 Å². The maximum absolute atomic E-state index is 13.1. The van der Waals surface area contributed by atoms with Crippen molar-refractivity contribution in [3.05, 3.63) is 59.9 Å². The lowest BCUT2D eigenvalue weighted by Gasteiger charge is -2.37. The van der Waals surface area contributed by atoms with Crippen molar-refractivity contribution in [3.8, 4) is 0 Å². The van der Waals surface area contributed by atoms with E-state index in [1.54, 1.807) is 17.0 Å². The van der Waals surface area contributed by atoms with Gasteiger partial charge in [0.05, 0.1) is 0 Å². The maximum Gasteiger partial charge on any atom is 0.240 e. The van der Waals surface area contributed by atoms with Crippen LogP contribution in [0.5, 0.6) is 0 Å². The van der Waals surface area contributed by atoms with Crippen LogP contribution in [-0.2, 0) is 9.59 Å². The highest BCUT2D eigenvalue weighted by atomic mass is 19.1. The lowest BCUT2D eigenvalue weighted by atomic mass is 10.0. The fraction of sp³-hybridized carbons (Fsp3) is 0.364. The van der Waals surface area contributed by atoms with E-state index >= 15 is 0 Å². The average Bonchev–Trinajstić information content (AvgIpc) is 3.52. The Bertz CT molecular complexity index is 868. The van der Waals surface area contributed by atoms with Crippen molar-refractivity contribution in [2.45, 2.75) is 19.8 Å². The first-order chi connectivity index (χ1) is 13.5. The molecule has 6 heteroatoms. The molecule has 1 heterocycles. The van der Waals surface area contributed by atoms with Crippen LogP contribution in [0.1, 0.15) is 18.4 Å². The topological polar surface area (TPSA) is 52.7 Å². The van der Waals surface area contributed by atoms with Gasteiger partial charge in [-0.05, 0) is 56.2 Å². The van der Waals surface area contributed by atoms with E-state index in [4.69, 9.17) is 0 Å².